The molecular weight excluding hydrogens is 330 g/mol. The first kappa shape index (κ1) is 17.0. The first-order valence-electron chi connectivity index (χ1n) is 8.14. The monoisotopic (exact) mass is 351 g/mol. The Morgan fingerprint density at radius 3 is 2.79 bits per heavy atom. The molecule has 3 N–H and O–H groups in total. The number of halogens is 1. The standard InChI is InChI=1S/C17H21N3O3.ClH/c1-20-12-7-11(4-5-13(12)23-8-14(20)21)19-17(22)15-9-2-3-10(6-9)16(15)18;/h4-5,7,9-10,15-16H,2-3,6,8,18H2,1H3,(H,19,22);1H. The van der Waals surface area contributed by atoms with Crippen LogP contribution in [0.2, 0.25) is 0 Å². The summed E-state index contributed by atoms with van der Waals surface area (Å²) < 4.78 is 5.40. The molecule has 2 amide bonds. The first-order chi connectivity index (χ1) is 11.0. The predicted molar refractivity (Wildman–Crippen MR) is 93.5 cm³/mol. The molecule has 6 nitrogen and oxygen atoms in total. The highest BCUT2D eigenvalue weighted by Gasteiger charge is 2.49. The molecule has 1 aromatic carbocycles. The number of hydrogen-bond acceptors (Lipinski definition) is 4. The Bertz CT molecular complexity index is 679. The molecule has 0 radical (unpaired) electrons. The smallest absolute Gasteiger partial charge is 0.264 e. The minimum atomic E-state index is -0.101. The Kier molecular flexibility index (Phi) is 4.44. The van der Waals surface area contributed by atoms with Gasteiger partial charge in [0.25, 0.3) is 5.91 Å². The Morgan fingerprint density at radius 1 is 1.33 bits per heavy atom. The van der Waals surface area contributed by atoms with Crippen molar-refractivity contribution >= 4 is 35.6 Å². The Labute approximate surface area is 147 Å². The number of anilines is 2. The maximum Gasteiger partial charge on any atom is 0.264 e. The second-order valence-electron chi connectivity index (χ2n) is 6.85. The minimum absolute atomic E-state index is 0. The normalized spacial score (nSPS) is 30.4. The highest BCUT2D eigenvalue weighted by Crippen LogP contribution is 2.48. The van der Waals surface area contributed by atoms with E-state index in [9.17, 15) is 9.59 Å². The SMILES string of the molecule is CN1C(=O)COc2ccc(NC(=O)C3C4CCC(C4)C3N)cc21.Cl. The van der Waals surface area contributed by atoms with Crippen LogP contribution in [0.5, 0.6) is 5.75 Å². The molecule has 1 heterocycles. The molecule has 1 aromatic rings. The van der Waals surface area contributed by atoms with Crippen molar-refractivity contribution in [2.45, 2.75) is 25.3 Å². The molecule has 0 aromatic heterocycles. The van der Waals surface area contributed by atoms with Gasteiger partial charge in [-0.1, -0.05) is 0 Å². The van der Waals surface area contributed by atoms with Gasteiger partial charge in [0.05, 0.1) is 11.6 Å². The van der Waals surface area contributed by atoms with Crippen LogP contribution >= 0.6 is 12.4 Å². The van der Waals surface area contributed by atoms with Crippen LogP contribution in [-0.4, -0.2) is 31.5 Å². The van der Waals surface area contributed by atoms with E-state index < -0.39 is 0 Å². The van der Waals surface area contributed by atoms with E-state index in [-0.39, 0.29) is 42.8 Å². The summed E-state index contributed by atoms with van der Waals surface area (Å²) >= 11 is 0. The van der Waals surface area contributed by atoms with E-state index in [4.69, 9.17) is 10.5 Å². The fourth-order valence-electron chi connectivity index (χ4n) is 4.30. The Morgan fingerprint density at radius 2 is 2.08 bits per heavy atom. The van der Waals surface area contributed by atoms with Crippen molar-refractivity contribution in [2.24, 2.45) is 23.5 Å². The number of amides is 2. The van der Waals surface area contributed by atoms with Crippen molar-refractivity contribution < 1.29 is 14.3 Å². The van der Waals surface area contributed by atoms with Crippen molar-refractivity contribution in [1.82, 2.24) is 0 Å². The fraction of sp³-hybridized carbons (Fsp3) is 0.529. The van der Waals surface area contributed by atoms with Gasteiger partial charge in [0.15, 0.2) is 6.61 Å². The molecule has 7 heteroatoms. The van der Waals surface area contributed by atoms with Gasteiger partial charge in [0, 0.05) is 18.8 Å². The van der Waals surface area contributed by atoms with E-state index >= 15 is 0 Å². The molecule has 2 aliphatic carbocycles. The van der Waals surface area contributed by atoms with Crippen LogP contribution in [0.1, 0.15) is 19.3 Å². The molecule has 4 atom stereocenters. The van der Waals surface area contributed by atoms with Crippen molar-refractivity contribution in [3.05, 3.63) is 18.2 Å². The number of hydrogen-bond donors (Lipinski definition) is 2. The summed E-state index contributed by atoms with van der Waals surface area (Å²) in [5, 5.41) is 2.97. The van der Waals surface area contributed by atoms with Crippen LogP contribution in [-0.2, 0) is 9.59 Å². The number of carbonyl (C=O) groups is 2. The number of rotatable bonds is 2. The molecule has 24 heavy (non-hydrogen) atoms. The summed E-state index contributed by atoms with van der Waals surface area (Å²) in [4.78, 5) is 25.9. The van der Waals surface area contributed by atoms with Gasteiger partial charge in [-0.05, 0) is 49.3 Å². The number of carbonyl (C=O) groups excluding carboxylic acids is 2. The molecule has 4 unspecified atom stereocenters. The summed E-state index contributed by atoms with van der Waals surface area (Å²) in [6.07, 6.45) is 3.33. The largest absolute Gasteiger partial charge is 0.482 e. The number of nitrogens with two attached hydrogens (primary N) is 1. The number of ether oxygens (including phenoxy) is 1. The number of nitrogens with one attached hydrogen (secondary N) is 1. The Balaban J connectivity index is 0.00000169. The first-order valence-corrected chi connectivity index (χ1v) is 8.14. The zero-order valence-electron chi connectivity index (χ0n) is 13.5. The lowest BCUT2D eigenvalue weighted by Gasteiger charge is -2.28. The summed E-state index contributed by atoms with van der Waals surface area (Å²) in [5.41, 5.74) is 7.59. The second kappa shape index (κ2) is 6.26. The zero-order chi connectivity index (χ0) is 16.1. The number of fused-ring (bicyclic) bond motifs is 3. The van der Waals surface area contributed by atoms with Crippen molar-refractivity contribution in [2.75, 3.05) is 23.9 Å². The second-order valence-corrected chi connectivity index (χ2v) is 6.85. The van der Waals surface area contributed by atoms with E-state index in [0.29, 0.717) is 29.0 Å². The lowest BCUT2D eigenvalue weighted by molar-refractivity contribution is -0.122. The van der Waals surface area contributed by atoms with Gasteiger partial charge in [-0.25, -0.2) is 0 Å². The third kappa shape index (κ3) is 2.63. The summed E-state index contributed by atoms with van der Waals surface area (Å²) in [5.74, 6) is 1.37. The van der Waals surface area contributed by atoms with Crippen molar-refractivity contribution in [1.29, 1.82) is 0 Å². The average molecular weight is 352 g/mol. The van der Waals surface area contributed by atoms with E-state index in [1.165, 1.54) is 0 Å². The highest BCUT2D eigenvalue weighted by atomic mass is 35.5. The molecule has 2 bridgehead atoms. The predicted octanol–water partition coefficient (Wildman–Crippen LogP) is 1.78. The van der Waals surface area contributed by atoms with Crippen LogP contribution in [0, 0.1) is 17.8 Å². The van der Waals surface area contributed by atoms with E-state index in [2.05, 4.69) is 5.32 Å². The van der Waals surface area contributed by atoms with E-state index in [0.717, 1.165) is 19.3 Å². The van der Waals surface area contributed by atoms with Gasteiger partial charge in [-0.15, -0.1) is 12.4 Å². The van der Waals surface area contributed by atoms with Crippen molar-refractivity contribution in [3.63, 3.8) is 0 Å². The summed E-state index contributed by atoms with van der Waals surface area (Å²) in [6.45, 7) is 0.0508. The third-order valence-corrected chi connectivity index (χ3v) is 5.60. The average Bonchev–Trinajstić information content (AvgIpc) is 3.12. The van der Waals surface area contributed by atoms with Gasteiger partial charge >= 0.3 is 0 Å². The molecule has 130 valence electrons. The van der Waals surface area contributed by atoms with Crippen LogP contribution < -0.4 is 20.7 Å². The lowest BCUT2D eigenvalue weighted by atomic mass is 9.84. The maximum absolute atomic E-state index is 12.6. The third-order valence-electron chi connectivity index (χ3n) is 5.60. The molecule has 1 aliphatic heterocycles. The summed E-state index contributed by atoms with van der Waals surface area (Å²) in [6, 6.07) is 5.34. The topological polar surface area (TPSA) is 84.7 Å². The van der Waals surface area contributed by atoms with Crippen LogP contribution in [0.15, 0.2) is 18.2 Å². The number of nitrogens with zero attached hydrogens (tertiary/aromatic N) is 1. The quantitative estimate of drug-likeness (QED) is 0.850. The lowest BCUT2D eigenvalue weighted by Crippen LogP contribution is -2.42. The molecule has 2 saturated carbocycles. The van der Waals surface area contributed by atoms with Crippen molar-refractivity contribution in [3.8, 4) is 5.75 Å². The highest BCUT2D eigenvalue weighted by molar-refractivity contribution is 5.99. The molecule has 2 fully saturated rings. The molecule has 3 aliphatic rings. The molecule has 0 spiro atoms. The van der Waals surface area contributed by atoms with Gasteiger partial charge in [-0.3, -0.25) is 9.59 Å². The molecule has 4 rings (SSSR count). The van der Waals surface area contributed by atoms with E-state index in [1.54, 1.807) is 30.1 Å². The van der Waals surface area contributed by atoms with Crippen LogP contribution in [0.4, 0.5) is 11.4 Å². The zero-order valence-corrected chi connectivity index (χ0v) is 14.3. The van der Waals surface area contributed by atoms with Gasteiger partial charge in [0.1, 0.15) is 5.75 Å². The van der Waals surface area contributed by atoms with Crippen LogP contribution in [0.25, 0.3) is 0 Å². The molecular formula is C17H22ClN3O3. The number of benzene rings is 1. The maximum atomic E-state index is 12.6. The van der Waals surface area contributed by atoms with E-state index in [1.807, 2.05) is 0 Å². The Hall–Kier alpha value is -1.79. The fourth-order valence-corrected chi connectivity index (χ4v) is 4.30. The minimum Gasteiger partial charge on any atom is -0.482 e. The summed E-state index contributed by atoms with van der Waals surface area (Å²) in [7, 11) is 1.71. The molecule has 0 saturated heterocycles. The van der Waals surface area contributed by atoms with Gasteiger partial charge in [-0.2, -0.15) is 0 Å². The number of likely N-dealkylation sites (N-methyl/N-ethyl adjacent to an activating group) is 1. The van der Waals surface area contributed by atoms with Gasteiger partial charge < -0.3 is 20.7 Å². The van der Waals surface area contributed by atoms with Gasteiger partial charge in [0.2, 0.25) is 5.91 Å². The van der Waals surface area contributed by atoms with Crippen LogP contribution in [0.3, 0.4) is 0 Å².